The second-order valence-electron chi connectivity index (χ2n) is 3.67. The fraction of sp³-hybridized carbons (Fsp3) is 0.308. The molecule has 90 valence electrons. The summed E-state index contributed by atoms with van der Waals surface area (Å²) in [5, 5.41) is 4.10. The number of furan rings is 1. The molecule has 1 N–H and O–H groups in total. The van der Waals surface area contributed by atoms with E-state index in [-0.39, 0.29) is 12.5 Å². The van der Waals surface area contributed by atoms with Gasteiger partial charge in [0.2, 0.25) is 0 Å². The van der Waals surface area contributed by atoms with Gasteiger partial charge < -0.3 is 14.5 Å². The van der Waals surface area contributed by atoms with Gasteiger partial charge in [-0.25, -0.2) is 0 Å². The van der Waals surface area contributed by atoms with Crippen molar-refractivity contribution in [2.45, 2.75) is 13.5 Å². The lowest BCUT2D eigenvalue weighted by Gasteiger charge is -2.03. The molecule has 0 saturated heterocycles. The summed E-state index contributed by atoms with van der Waals surface area (Å²) in [6.07, 6.45) is 1.71. The fourth-order valence-corrected chi connectivity index (χ4v) is 1.68. The number of nitrogens with one attached hydrogen (secondary N) is 1. The van der Waals surface area contributed by atoms with Gasteiger partial charge in [-0.05, 0) is 13.0 Å². The highest BCUT2D eigenvalue weighted by Gasteiger charge is 2.05. The molecule has 1 aromatic carbocycles. The van der Waals surface area contributed by atoms with Gasteiger partial charge in [-0.1, -0.05) is 18.2 Å². The minimum Gasteiger partial charge on any atom is -0.465 e. The third-order valence-corrected chi connectivity index (χ3v) is 2.45. The molecule has 17 heavy (non-hydrogen) atoms. The van der Waals surface area contributed by atoms with Crippen LogP contribution in [-0.4, -0.2) is 19.1 Å². The SMILES string of the molecule is CCOC(=O)CNCc1coc2ccccc12. The number of hydrogen-bond donors (Lipinski definition) is 1. The van der Waals surface area contributed by atoms with E-state index < -0.39 is 0 Å². The van der Waals surface area contributed by atoms with E-state index >= 15 is 0 Å². The summed E-state index contributed by atoms with van der Waals surface area (Å²) in [6.45, 7) is 3.01. The molecule has 0 aliphatic heterocycles. The van der Waals surface area contributed by atoms with Crippen LogP contribution < -0.4 is 5.32 Å². The number of hydrogen-bond acceptors (Lipinski definition) is 4. The van der Waals surface area contributed by atoms with E-state index in [1.54, 1.807) is 13.2 Å². The summed E-state index contributed by atoms with van der Waals surface area (Å²) >= 11 is 0. The van der Waals surface area contributed by atoms with Crippen LogP contribution in [0, 0.1) is 0 Å². The first kappa shape index (κ1) is 11.7. The first-order chi connectivity index (χ1) is 8.31. The van der Waals surface area contributed by atoms with Crippen molar-refractivity contribution in [3.8, 4) is 0 Å². The molecular formula is C13H15NO3. The van der Waals surface area contributed by atoms with Crippen LogP contribution in [0.4, 0.5) is 0 Å². The molecule has 0 bridgehead atoms. The molecule has 1 aromatic heterocycles. The third kappa shape index (κ3) is 2.85. The standard InChI is InChI=1S/C13H15NO3/c1-2-16-13(15)8-14-7-10-9-17-12-6-4-3-5-11(10)12/h3-6,9,14H,2,7-8H2,1H3. The highest BCUT2D eigenvalue weighted by atomic mass is 16.5. The Balaban J connectivity index is 1.93. The molecule has 0 saturated carbocycles. The van der Waals surface area contributed by atoms with Crippen molar-refractivity contribution in [2.24, 2.45) is 0 Å². The van der Waals surface area contributed by atoms with Crippen LogP contribution in [0.2, 0.25) is 0 Å². The molecule has 0 radical (unpaired) electrons. The topological polar surface area (TPSA) is 51.5 Å². The minimum absolute atomic E-state index is 0.216. The van der Waals surface area contributed by atoms with E-state index in [2.05, 4.69) is 5.32 Å². The molecule has 0 unspecified atom stereocenters. The average Bonchev–Trinajstić information content (AvgIpc) is 2.73. The van der Waals surface area contributed by atoms with Crippen LogP contribution in [0.1, 0.15) is 12.5 Å². The van der Waals surface area contributed by atoms with Crippen LogP contribution in [0.15, 0.2) is 34.9 Å². The average molecular weight is 233 g/mol. The molecule has 0 fully saturated rings. The molecule has 0 aliphatic rings. The van der Waals surface area contributed by atoms with Gasteiger partial charge in [0.25, 0.3) is 0 Å². The van der Waals surface area contributed by atoms with Crippen molar-refractivity contribution in [3.05, 3.63) is 36.1 Å². The van der Waals surface area contributed by atoms with Crippen molar-refractivity contribution >= 4 is 16.9 Å². The van der Waals surface area contributed by atoms with Gasteiger partial charge >= 0.3 is 5.97 Å². The van der Waals surface area contributed by atoms with Gasteiger partial charge in [0.15, 0.2) is 0 Å². The van der Waals surface area contributed by atoms with Crippen LogP contribution in [0.25, 0.3) is 11.0 Å². The first-order valence-electron chi connectivity index (χ1n) is 5.62. The number of esters is 1. The Labute approximate surface area is 99.6 Å². The Bertz CT molecular complexity index is 504. The zero-order valence-corrected chi connectivity index (χ0v) is 9.73. The monoisotopic (exact) mass is 233 g/mol. The second kappa shape index (κ2) is 5.50. The summed E-state index contributed by atoms with van der Waals surface area (Å²) in [4.78, 5) is 11.1. The van der Waals surface area contributed by atoms with Gasteiger partial charge in [-0.2, -0.15) is 0 Å². The maximum absolute atomic E-state index is 11.1. The Hall–Kier alpha value is -1.81. The summed E-state index contributed by atoms with van der Waals surface area (Å²) in [6, 6.07) is 7.82. The van der Waals surface area contributed by atoms with Crippen molar-refractivity contribution in [3.63, 3.8) is 0 Å². The quantitative estimate of drug-likeness (QED) is 0.803. The molecule has 0 atom stereocenters. The summed E-state index contributed by atoms with van der Waals surface area (Å²) in [5.74, 6) is -0.236. The zero-order valence-electron chi connectivity index (χ0n) is 9.73. The number of ether oxygens (including phenoxy) is 1. The highest BCUT2D eigenvalue weighted by molar-refractivity contribution is 5.80. The number of benzene rings is 1. The van der Waals surface area contributed by atoms with E-state index in [1.165, 1.54) is 0 Å². The summed E-state index contributed by atoms with van der Waals surface area (Å²) in [7, 11) is 0. The lowest BCUT2D eigenvalue weighted by Crippen LogP contribution is -2.24. The smallest absolute Gasteiger partial charge is 0.319 e. The lowest BCUT2D eigenvalue weighted by molar-refractivity contribution is -0.142. The highest BCUT2D eigenvalue weighted by Crippen LogP contribution is 2.20. The third-order valence-electron chi connectivity index (χ3n) is 2.45. The zero-order chi connectivity index (χ0) is 12.1. The Morgan fingerprint density at radius 3 is 3.06 bits per heavy atom. The van der Waals surface area contributed by atoms with Crippen molar-refractivity contribution < 1.29 is 13.9 Å². The van der Waals surface area contributed by atoms with Crippen LogP contribution in [0.3, 0.4) is 0 Å². The predicted molar refractivity (Wildman–Crippen MR) is 64.6 cm³/mol. The van der Waals surface area contributed by atoms with Crippen LogP contribution in [-0.2, 0) is 16.1 Å². The van der Waals surface area contributed by atoms with Crippen molar-refractivity contribution in [1.29, 1.82) is 0 Å². The molecule has 0 amide bonds. The number of fused-ring (bicyclic) bond motifs is 1. The van der Waals surface area contributed by atoms with Crippen LogP contribution >= 0.6 is 0 Å². The minimum atomic E-state index is -0.236. The van der Waals surface area contributed by atoms with E-state index in [0.717, 1.165) is 16.5 Å². The lowest BCUT2D eigenvalue weighted by atomic mass is 10.2. The number of carbonyl (C=O) groups excluding carboxylic acids is 1. The molecule has 2 aromatic rings. The van der Waals surface area contributed by atoms with Gasteiger partial charge in [-0.3, -0.25) is 4.79 Å². The molecule has 4 nitrogen and oxygen atoms in total. The predicted octanol–water partition coefficient (Wildman–Crippen LogP) is 2.09. The van der Waals surface area contributed by atoms with Gasteiger partial charge in [0.05, 0.1) is 19.4 Å². The van der Waals surface area contributed by atoms with E-state index in [1.807, 2.05) is 24.3 Å². The molecular weight excluding hydrogens is 218 g/mol. The normalized spacial score (nSPS) is 10.6. The molecule has 0 spiro atoms. The summed E-state index contributed by atoms with van der Waals surface area (Å²) in [5.41, 5.74) is 1.91. The van der Waals surface area contributed by atoms with Gasteiger partial charge in [0, 0.05) is 17.5 Å². The van der Waals surface area contributed by atoms with Crippen LogP contribution in [0.5, 0.6) is 0 Å². The van der Waals surface area contributed by atoms with Crippen molar-refractivity contribution in [1.82, 2.24) is 5.32 Å². The van der Waals surface area contributed by atoms with E-state index in [9.17, 15) is 4.79 Å². The van der Waals surface area contributed by atoms with E-state index in [4.69, 9.17) is 9.15 Å². The maximum atomic E-state index is 11.1. The first-order valence-corrected chi connectivity index (χ1v) is 5.62. The number of carbonyl (C=O) groups is 1. The molecule has 1 heterocycles. The largest absolute Gasteiger partial charge is 0.465 e. The number of rotatable bonds is 5. The maximum Gasteiger partial charge on any atom is 0.319 e. The van der Waals surface area contributed by atoms with Gasteiger partial charge in [-0.15, -0.1) is 0 Å². The van der Waals surface area contributed by atoms with Gasteiger partial charge in [0.1, 0.15) is 5.58 Å². The fourth-order valence-electron chi connectivity index (χ4n) is 1.68. The Morgan fingerprint density at radius 1 is 1.41 bits per heavy atom. The van der Waals surface area contributed by atoms with E-state index in [0.29, 0.717) is 13.2 Å². The second-order valence-corrected chi connectivity index (χ2v) is 3.67. The molecule has 2 rings (SSSR count). The Kier molecular flexibility index (Phi) is 3.77. The summed E-state index contributed by atoms with van der Waals surface area (Å²) < 4.78 is 10.2. The van der Waals surface area contributed by atoms with Crippen molar-refractivity contribution in [2.75, 3.05) is 13.2 Å². The number of para-hydroxylation sites is 1. The Morgan fingerprint density at radius 2 is 2.24 bits per heavy atom. The molecule has 0 aliphatic carbocycles. The molecule has 4 heteroatoms.